The molecule has 108 heavy (non-hydrogen) atoms. The third-order valence-electron chi connectivity index (χ3n) is 14.8. The first-order chi connectivity index (χ1) is 51.0. The van der Waals surface area contributed by atoms with Crippen molar-refractivity contribution >= 4 is 231 Å². The molecule has 0 bridgehead atoms. The smallest absolute Gasteiger partial charge is 0.328 e. The predicted molar refractivity (Wildman–Crippen MR) is 436 cm³/mol. The van der Waals surface area contributed by atoms with Crippen LogP contribution in [0.3, 0.4) is 0 Å². The fourth-order valence-corrected chi connectivity index (χ4v) is 11.4. The van der Waals surface area contributed by atoms with Crippen LogP contribution in [0.1, 0.15) is 107 Å². The number of methoxy groups -OCH3 is 2. The zero-order chi connectivity index (χ0) is 81.7. The Morgan fingerprint density at radius 3 is 1.40 bits per heavy atom. The van der Waals surface area contributed by atoms with Crippen molar-refractivity contribution in [1.82, 2.24) is 29.9 Å². The zero-order valence-corrected chi connectivity index (χ0v) is 69.6. The Hall–Kier alpha value is -8.06. The minimum atomic E-state index is -0.937. The van der Waals surface area contributed by atoms with Gasteiger partial charge in [0, 0.05) is 23.5 Å². The summed E-state index contributed by atoms with van der Waals surface area (Å²) in [6.45, 7) is 16.6. The number of nitro benzene ring substituents is 2. The molecule has 0 fully saturated rings. The number of amides is 1. The van der Waals surface area contributed by atoms with Crippen molar-refractivity contribution in [3.63, 3.8) is 0 Å². The highest BCUT2D eigenvalue weighted by molar-refractivity contribution is 9.11. The molecule has 0 aliphatic carbocycles. The van der Waals surface area contributed by atoms with Crippen molar-refractivity contribution in [2.75, 3.05) is 30.2 Å². The topological polar surface area (TPSA) is 436 Å². The van der Waals surface area contributed by atoms with Crippen molar-refractivity contribution in [1.29, 1.82) is 0 Å². The summed E-state index contributed by atoms with van der Waals surface area (Å²) >= 11 is 48.2. The average Bonchev–Trinajstić information content (AvgIpc) is 0.819. The number of aromatic nitrogens is 6. The number of fused-ring (bicyclic) bond motifs is 4. The summed E-state index contributed by atoms with van der Waals surface area (Å²) in [5.41, 5.74) is 16.6. The van der Waals surface area contributed by atoms with E-state index in [9.17, 15) is 63.0 Å². The first-order valence-electron chi connectivity index (χ1n) is 32.0. The molecule has 0 saturated heterocycles. The molecule has 3 aromatic heterocycles. The third kappa shape index (κ3) is 26.1. The van der Waals surface area contributed by atoms with Crippen molar-refractivity contribution in [3.8, 4) is 0 Å². The number of anilines is 3. The Balaban J connectivity index is 0.000000325. The second-order valence-electron chi connectivity index (χ2n) is 21.8. The molecular formula is C69H72Br4Cl6FN13O15. The number of nitrogens with one attached hydrogen (secondary N) is 6. The number of aldehydes is 1. The van der Waals surface area contributed by atoms with Crippen LogP contribution in [-0.2, 0) is 47.9 Å². The number of aromatic amines is 3. The molecule has 580 valence electrons. The number of nitro groups is 2. The van der Waals surface area contributed by atoms with Crippen LogP contribution >= 0.6 is 133 Å². The lowest BCUT2D eigenvalue weighted by Gasteiger charge is -2.26. The summed E-state index contributed by atoms with van der Waals surface area (Å²) in [6, 6.07) is 17.7. The van der Waals surface area contributed by atoms with E-state index in [1.54, 1.807) is 38.1 Å². The minimum Gasteiger partial charge on any atom is -0.480 e. The molecule has 0 saturated carbocycles. The van der Waals surface area contributed by atoms with Gasteiger partial charge in [-0.1, -0.05) is 137 Å². The summed E-state index contributed by atoms with van der Waals surface area (Å²) < 4.78 is 23.9. The largest absolute Gasteiger partial charge is 0.480 e. The van der Waals surface area contributed by atoms with Crippen LogP contribution in [0.15, 0.2) is 112 Å². The van der Waals surface area contributed by atoms with Gasteiger partial charge in [0.05, 0.1) is 88.6 Å². The maximum Gasteiger partial charge on any atom is 0.328 e. The number of halogens is 11. The Morgan fingerprint density at radius 2 is 1.01 bits per heavy atom. The zero-order valence-electron chi connectivity index (χ0n) is 58.8. The van der Waals surface area contributed by atoms with Crippen LogP contribution in [0.2, 0.25) is 30.1 Å². The molecule has 1 aliphatic rings. The number of rotatable bonds is 16. The van der Waals surface area contributed by atoms with Gasteiger partial charge >= 0.3 is 29.3 Å². The van der Waals surface area contributed by atoms with E-state index >= 15 is 0 Å². The van der Waals surface area contributed by atoms with Gasteiger partial charge in [-0.2, -0.15) is 4.39 Å². The van der Waals surface area contributed by atoms with Crippen LogP contribution in [0.5, 0.6) is 0 Å². The van der Waals surface area contributed by atoms with Crippen LogP contribution in [0.25, 0.3) is 39.2 Å². The molecule has 1 amide bonds. The molecule has 0 radical (unpaired) electrons. The van der Waals surface area contributed by atoms with Crippen LogP contribution in [0.4, 0.5) is 32.8 Å². The first-order valence-corrected chi connectivity index (χ1v) is 37.4. The number of aryl methyl sites for hydroxylation is 3. The highest BCUT2D eigenvalue weighted by atomic mass is 79.9. The second kappa shape index (κ2) is 45.8. The van der Waals surface area contributed by atoms with Gasteiger partial charge in [0.2, 0.25) is 11.7 Å². The Morgan fingerprint density at radius 1 is 0.602 bits per heavy atom. The molecule has 10 rings (SSSR count). The molecule has 4 unspecified atom stereocenters. The van der Waals surface area contributed by atoms with E-state index in [2.05, 4.69) is 126 Å². The van der Waals surface area contributed by atoms with Crippen LogP contribution < -0.4 is 44.1 Å². The fourth-order valence-electron chi connectivity index (χ4n) is 8.67. The molecule has 11 N–H and O–H groups in total. The maximum atomic E-state index is 12.7. The van der Waals surface area contributed by atoms with Crippen LogP contribution in [0, 0.1) is 26.0 Å². The van der Waals surface area contributed by atoms with Crippen molar-refractivity contribution in [3.05, 3.63) is 213 Å². The number of nitrogens with two attached hydrogens (primary N) is 2. The van der Waals surface area contributed by atoms with E-state index in [4.69, 9.17) is 86.2 Å². The monoisotopic (exact) mass is 1870 g/mol. The van der Waals surface area contributed by atoms with Crippen LogP contribution in [-0.4, -0.2) is 113 Å². The van der Waals surface area contributed by atoms with Gasteiger partial charge in [-0.3, -0.25) is 53.8 Å². The number of H-pyrrole nitrogens is 3. The quantitative estimate of drug-likeness (QED) is 0.0143. The van der Waals surface area contributed by atoms with Crippen molar-refractivity contribution in [2.24, 2.45) is 11.5 Å². The number of carboxylic acids is 1. The lowest BCUT2D eigenvalue weighted by molar-refractivity contribution is -0.387. The van der Waals surface area contributed by atoms with Gasteiger partial charge in [-0.15, -0.1) is 0 Å². The number of benzene rings is 6. The molecule has 4 atom stereocenters. The van der Waals surface area contributed by atoms with Gasteiger partial charge in [0.15, 0.2) is 6.29 Å². The molecule has 9 aromatic rings. The normalized spacial score (nSPS) is 12.3. The number of carbonyl (C=O) groups is 5. The van der Waals surface area contributed by atoms with E-state index in [1.807, 2.05) is 71.0 Å². The number of esters is 2. The van der Waals surface area contributed by atoms with E-state index in [0.717, 1.165) is 32.7 Å². The summed E-state index contributed by atoms with van der Waals surface area (Å²) in [5.74, 6) is -2.73. The molecule has 1 aliphatic heterocycles. The number of ether oxygens (including phenoxy) is 2. The molecule has 6 aromatic carbocycles. The summed E-state index contributed by atoms with van der Waals surface area (Å²) in [5, 5.41) is 39.6. The van der Waals surface area contributed by atoms with E-state index < -0.39 is 51.4 Å². The number of carbonyl (C=O) groups excluding carboxylic acids is 4. The Labute approximate surface area is 680 Å². The number of carboxylic acid groups (broad SMARTS) is 1. The Bertz CT molecular complexity index is 4860. The summed E-state index contributed by atoms with van der Waals surface area (Å²) in [7, 11) is 2.59. The lowest BCUT2D eigenvalue weighted by Crippen LogP contribution is -2.38. The number of aliphatic carboxylic acids is 1. The lowest BCUT2D eigenvalue weighted by atomic mass is 10.1. The van der Waals surface area contributed by atoms with E-state index in [1.165, 1.54) is 26.4 Å². The Kier molecular flexibility index (Phi) is 39.9. The SMILES string of the molecule is C=Cc1ccc2nc(CC)c(=O)[nH]c2c1Cl.CCC(N)C(=O)O.CCC(N)C(=O)OC.CCC(Nc1ccc(Br)c(Cl)c1[N+](=O)[O-])C(=O)OC.CCC1Nc2ccc(Br)c(Cl)c2NC1=O.CCc1nc2ccc(Br)c(Cl)c2[nH]c1=O.CCc1nc2ccc(C=O)c(Cl)c2[nH]c1=O.O=[N+]([O-])c1c(F)ccc(Br)c1Cl. The highest BCUT2D eigenvalue weighted by Gasteiger charge is 2.28. The van der Waals surface area contributed by atoms with E-state index in [0.29, 0.717) is 130 Å². The van der Waals surface area contributed by atoms with Gasteiger partial charge in [-0.05, 0) is 181 Å². The highest BCUT2D eigenvalue weighted by Crippen LogP contribution is 2.41. The average molecular weight is 1870 g/mol. The number of hydrogen-bond acceptors (Lipinski definition) is 21. The molecular weight excluding hydrogens is 1800 g/mol. The molecule has 39 heteroatoms. The predicted octanol–water partition coefficient (Wildman–Crippen LogP) is 17.1. The van der Waals surface area contributed by atoms with Gasteiger partial charge < -0.3 is 56.9 Å². The summed E-state index contributed by atoms with van der Waals surface area (Å²) in [4.78, 5) is 129. The number of hydrogen-bond donors (Lipinski definition) is 9. The van der Waals surface area contributed by atoms with Crippen molar-refractivity contribution in [2.45, 2.75) is 118 Å². The number of nitrogens with zero attached hydrogens (tertiary/aromatic N) is 5. The first kappa shape index (κ1) is 94.1. The molecule has 4 heterocycles. The molecule has 0 spiro atoms. The second-order valence-corrected chi connectivity index (χ2v) is 27.4. The standard InChI is InChI=1S/C12H11ClN2O.C11H12BrClN2O4.C11H9ClN2O2.C10H10BrClN2O.C10H8BrClN2O.C6H2BrClFNO2.C5H11NO2.C4H9NO2/c1-3-7-5-6-9-11(10(7)13)15-12(16)8(4-2)14-9;1-3-7(11(16)19-2)14-8-5-4-6(12)9(13)10(8)15(17)18;1-2-7-11(16)14-10-8(13-7)4-3-6(5-15)9(10)12;2*1-2-6-10(15)14-9-7(13-6)4-3-5(11)8(9)12;7-3-1-2-4(9)6(5(3)8)10(11)12;1-3-4(6)5(7)8-2;1-2-3(5)4(6)7/h3,5-6H,1,4H2,2H3,(H,15,16);4-5,7,14H,3H2,1-2H3;3-5H,2H2,1H3,(H,14,16);3-4,6,13H,2H2,1H3,(H,14,15);3-4H,2H2,1H3,(H,14,15);1-2H;4H,3,6H2,1-2H3;3H,2,5H2,1H3,(H,6,7). The molecule has 28 nitrogen and oxygen atoms in total. The summed E-state index contributed by atoms with van der Waals surface area (Å²) in [6.07, 6.45) is 6.36. The maximum absolute atomic E-state index is 12.7. The van der Waals surface area contributed by atoms with E-state index in [-0.39, 0.29) is 61.0 Å². The fraction of sp³-hybridized carbons (Fsp3) is 0.290. The third-order valence-corrected chi connectivity index (χ3v) is 20.7. The van der Waals surface area contributed by atoms with Gasteiger partial charge in [0.1, 0.15) is 57.0 Å². The van der Waals surface area contributed by atoms with Crippen molar-refractivity contribution < 1.29 is 52.8 Å². The van der Waals surface area contributed by atoms with Gasteiger partial charge in [0.25, 0.3) is 16.7 Å². The van der Waals surface area contributed by atoms with Gasteiger partial charge in [-0.25, -0.2) is 19.7 Å². The minimum absolute atomic E-state index is 0.0188.